The molecule has 0 radical (unpaired) electrons. The van der Waals surface area contributed by atoms with Crippen molar-refractivity contribution < 1.29 is 0 Å². The highest BCUT2D eigenvalue weighted by Gasteiger charge is 2.20. The van der Waals surface area contributed by atoms with Crippen LogP contribution < -0.4 is 5.32 Å². The van der Waals surface area contributed by atoms with Gasteiger partial charge in [0.2, 0.25) is 0 Å². The maximum atomic E-state index is 4.49. The smallest absolute Gasteiger partial charge is 0.142 e. The van der Waals surface area contributed by atoms with Crippen molar-refractivity contribution in [2.75, 3.05) is 0 Å². The van der Waals surface area contributed by atoms with Gasteiger partial charge in [-0.2, -0.15) is 0 Å². The number of aromatic nitrogens is 2. The molecule has 17 heavy (non-hydrogen) atoms. The van der Waals surface area contributed by atoms with E-state index < -0.39 is 0 Å². The van der Waals surface area contributed by atoms with Gasteiger partial charge in [0.15, 0.2) is 0 Å². The summed E-state index contributed by atoms with van der Waals surface area (Å²) in [5, 5.41) is 4.51. The molecule has 1 aliphatic rings. The summed E-state index contributed by atoms with van der Waals surface area (Å²) in [5.74, 6) is 0. The Hall–Kier alpha value is -1.26. The quantitative estimate of drug-likeness (QED) is 0.900. The molecular formula is C13H15N3S. The van der Waals surface area contributed by atoms with E-state index >= 15 is 0 Å². The topological polar surface area (TPSA) is 37.8 Å². The molecule has 4 heteroatoms. The Morgan fingerprint density at radius 3 is 3.06 bits per heavy atom. The number of hydrogen-bond donors (Lipinski definition) is 1. The molecule has 0 aliphatic heterocycles. The van der Waals surface area contributed by atoms with E-state index in [2.05, 4.69) is 15.3 Å². The summed E-state index contributed by atoms with van der Waals surface area (Å²) in [4.78, 5) is 10.2. The zero-order chi connectivity index (χ0) is 11.7. The number of nitrogens with zero attached hydrogens (tertiary/aromatic N) is 2. The summed E-state index contributed by atoms with van der Waals surface area (Å²) in [6.07, 6.45) is 4.61. The summed E-state index contributed by atoms with van der Waals surface area (Å²) in [7, 11) is 0. The normalized spacial score (nSPS) is 15.1. The number of hydrogen-bond acceptors (Lipinski definition) is 4. The van der Waals surface area contributed by atoms with Gasteiger partial charge in [0.05, 0.1) is 5.69 Å². The van der Waals surface area contributed by atoms with E-state index in [1.807, 2.05) is 31.3 Å². The first-order valence-electron chi connectivity index (χ1n) is 5.93. The van der Waals surface area contributed by atoms with Crippen LogP contribution in [0.2, 0.25) is 0 Å². The Bertz CT molecular complexity index is 517. The third kappa shape index (κ3) is 2.70. The van der Waals surface area contributed by atoms with Gasteiger partial charge in [-0.3, -0.25) is 4.98 Å². The number of aryl methyl sites for hydroxylation is 1. The number of pyridine rings is 1. The van der Waals surface area contributed by atoms with Crippen LogP contribution in [0.15, 0.2) is 24.4 Å². The lowest BCUT2D eigenvalue weighted by Gasteiger charge is -1.98. The van der Waals surface area contributed by atoms with Gasteiger partial charge in [0.1, 0.15) is 5.01 Å². The summed E-state index contributed by atoms with van der Waals surface area (Å²) >= 11 is 1.73. The maximum absolute atomic E-state index is 4.49. The van der Waals surface area contributed by atoms with Gasteiger partial charge in [-0.05, 0) is 31.9 Å². The van der Waals surface area contributed by atoms with Crippen LogP contribution in [-0.2, 0) is 6.54 Å². The average Bonchev–Trinajstić information content (AvgIpc) is 3.04. The van der Waals surface area contributed by atoms with Crippen molar-refractivity contribution in [1.29, 1.82) is 0 Å². The van der Waals surface area contributed by atoms with E-state index in [1.165, 1.54) is 17.7 Å². The molecular weight excluding hydrogens is 230 g/mol. The molecule has 0 atom stereocenters. The predicted molar refractivity (Wildman–Crippen MR) is 69.9 cm³/mol. The van der Waals surface area contributed by atoms with Crippen LogP contribution in [0, 0.1) is 6.92 Å². The summed E-state index contributed by atoms with van der Waals surface area (Å²) in [6.45, 7) is 2.95. The van der Waals surface area contributed by atoms with Gasteiger partial charge in [-0.25, -0.2) is 4.98 Å². The van der Waals surface area contributed by atoms with Crippen molar-refractivity contribution in [2.24, 2.45) is 0 Å². The molecule has 0 aromatic carbocycles. The van der Waals surface area contributed by atoms with Gasteiger partial charge < -0.3 is 5.32 Å². The van der Waals surface area contributed by atoms with Crippen LogP contribution in [0.25, 0.3) is 10.7 Å². The SMILES string of the molecule is Cc1cccc(-c2ncc(CNC3CC3)s2)n1. The van der Waals surface area contributed by atoms with Crippen molar-refractivity contribution in [2.45, 2.75) is 32.4 Å². The van der Waals surface area contributed by atoms with Crippen molar-refractivity contribution in [3.8, 4) is 10.7 Å². The fourth-order valence-electron chi connectivity index (χ4n) is 1.70. The van der Waals surface area contributed by atoms with Gasteiger partial charge in [-0.1, -0.05) is 6.07 Å². The molecule has 0 unspecified atom stereocenters. The number of thiazole rings is 1. The zero-order valence-corrected chi connectivity index (χ0v) is 10.6. The van der Waals surface area contributed by atoms with Crippen LogP contribution in [0.5, 0.6) is 0 Å². The lowest BCUT2D eigenvalue weighted by atomic mass is 10.3. The Balaban J connectivity index is 1.74. The molecule has 0 saturated heterocycles. The van der Waals surface area contributed by atoms with Crippen LogP contribution in [-0.4, -0.2) is 16.0 Å². The van der Waals surface area contributed by atoms with E-state index in [4.69, 9.17) is 0 Å². The molecule has 1 fully saturated rings. The second-order valence-corrected chi connectivity index (χ2v) is 5.57. The lowest BCUT2D eigenvalue weighted by molar-refractivity contribution is 0.694. The third-order valence-electron chi connectivity index (χ3n) is 2.80. The van der Waals surface area contributed by atoms with Crippen molar-refractivity contribution in [3.63, 3.8) is 0 Å². The second-order valence-electron chi connectivity index (χ2n) is 4.45. The molecule has 3 nitrogen and oxygen atoms in total. The monoisotopic (exact) mass is 245 g/mol. The van der Waals surface area contributed by atoms with E-state index in [0.29, 0.717) is 0 Å². The summed E-state index contributed by atoms with van der Waals surface area (Å²) in [5.41, 5.74) is 2.02. The van der Waals surface area contributed by atoms with Gasteiger partial charge in [0.25, 0.3) is 0 Å². The lowest BCUT2D eigenvalue weighted by Crippen LogP contribution is -2.14. The Morgan fingerprint density at radius 2 is 2.29 bits per heavy atom. The van der Waals surface area contributed by atoms with Gasteiger partial charge in [-0.15, -0.1) is 11.3 Å². The fraction of sp³-hybridized carbons (Fsp3) is 0.385. The highest BCUT2D eigenvalue weighted by atomic mass is 32.1. The minimum atomic E-state index is 0.748. The van der Waals surface area contributed by atoms with Crippen molar-refractivity contribution in [1.82, 2.24) is 15.3 Å². The molecule has 0 bridgehead atoms. The highest BCUT2D eigenvalue weighted by molar-refractivity contribution is 7.14. The van der Waals surface area contributed by atoms with Gasteiger partial charge in [0, 0.05) is 29.4 Å². The van der Waals surface area contributed by atoms with Crippen LogP contribution in [0.4, 0.5) is 0 Å². The highest BCUT2D eigenvalue weighted by Crippen LogP contribution is 2.25. The van der Waals surface area contributed by atoms with E-state index in [9.17, 15) is 0 Å². The largest absolute Gasteiger partial charge is 0.309 e. The third-order valence-corrected chi connectivity index (χ3v) is 3.82. The van der Waals surface area contributed by atoms with E-state index in [1.54, 1.807) is 11.3 Å². The molecule has 2 heterocycles. The van der Waals surface area contributed by atoms with Crippen molar-refractivity contribution in [3.05, 3.63) is 35.0 Å². The molecule has 2 aromatic rings. The molecule has 88 valence electrons. The number of rotatable bonds is 4. The summed E-state index contributed by atoms with van der Waals surface area (Å²) in [6, 6.07) is 6.80. The maximum Gasteiger partial charge on any atom is 0.142 e. The first kappa shape index (κ1) is 10.9. The Kier molecular flexibility index (Phi) is 2.91. The predicted octanol–water partition coefficient (Wildman–Crippen LogP) is 2.77. The average molecular weight is 245 g/mol. The standard InChI is InChI=1S/C13H15N3S/c1-9-3-2-4-12(16-9)13-15-8-11(17-13)7-14-10-5-6-10/h2-4,8,10,14H,5-7H2,1H3. The van der Waals surface area contributed by atoms with Crippen LogP contribution >= 0.6 is 11.3 Å². The molecule has 3 rings (SSSR count). The number of nitrogens with one attached hydrogen (secondary N) is 1. The zero-order valence-electron chi connectivity index (χ0n) is 9.81. The first-order valence-corrected chi connectivity index (χ1v) is 6.75. The Morgan fingerprint density at radius 1 is 1.41 bits per heavy atom. The molecule has 1 N–H and O–H groups in total. The first-order chi connectivity index (χ1) is 8.31. The molecule has 0 amide bonds. The fourth-order valence-corrected chi connectivity index (χ4v) is 2.54. The molecule has 2 aromatic heterocycles. The summed E-state index contributed by atoms with van der Waals surface area (Å²) < 4.78 is 0. The Labute approximate surface area is 105 Å². The van der Waals surface area contributed by atoms with E-state index in [0.717, 1.165) is 29.0 Å². The second kappa shape index (κ2) is 4.55. The molecule has 0 spiro atoms. The minimum absolute atomic E-state index is 0.748. The van der Waals surface area contributed by atoms with Gasteiger partial charge >= 0.3 is 0 Å². The van der Waals surface area contributed by atoms with Crippen molar-refractivity contribution >= 4 is 11.3 Å². The van der Waals surface area contributed by atoms with Crippen LogP contribution in [0.3, 0.4) is 0 Å². The minimum Gasteiger partial charge on any atom is -0.309 e. The molecule has 1 saturated carbocycles. The van der Waals surface area contributed by atoms with Crippen LogP contribution in [0.1, 0.15) is 23.4 Å². The van der Waals surface area contributed by atoms with E-state index in [-0.39, 0.29) is 0 Å². The molecule has 1 aliphatic carbocycles.